The molecule has 0 aliphatic heterocycles. The molecule has 0 fully saturated rings. The van der Waals surface area contributed by atoms with Crippen LogP contribution in [0.5, 0.6) is 0 Å². The van der Waals surface area contributed by atoms with Crippen LogP contribution < -0.4 is 0 Å². The van der Waals surface area contributed by atoms with Crippen LogP contribution in [0.25, 0.3) is 0 Å². The summed E-state index contributed by atoms with van der Waals surface area (Å²) in [7, 11) is 0. The van der Waals surface area contributed by atoms with Gasteiger partial charge >= 0.3 is 23.1 Å². The molecule has 0 bridgehead atoms. The second kappa shape index (κ2) is 19.4. The van der Waals surface area contributed by atoms with Crippen LogP contribution in [0.15, 0.2) is 0 Å². The zero-order valence-corrected chi connectivity index (χ0v) is 6.05. The van der Waals surface area contributed by atoms with Crippen molar-refractivity contribution in [3.8, 4) is 0 Å². The quantitative estimate of drug-likeness (QED) is 0.326. The average molecular weight is 100 g/mol. The normalized spacial score (nSPS) is 3.60. The van der Waals surface area contributed by atoms with Crippen molar-refractivity contribution in [2.75, 3.05) is 6.26 Å². The number of hydrogen-bond acceptors (Lipinski definition) is 1. The van der Waals surface area contributed by atoms with Gasteiger partial charge in [-0.15, -0.1) is 0 Å². The zero-order valence-electron chi connectivity index (χ0n) is 3.82. The standard InChI is InChI=1S/C2H5S.CH3.Mg/c1-3-2;;/h1H2,2H3;1H3;/q2*-1;+2. The van der Waals surface area contributed by atoms with Crippen LogP contribution in [-0.4, -0.2) is 29.3 Å². The predicted octanol–water partition coefficient (Wildman–Crippen LogP) is 1.21. The Morgan fingerprint density at radius 3 is 1.60 bits per heavy atom. The molecule has 2 heteroatoms. The van der Waals surface area contributed by atoms with Gasteiger partial charge in [-0.2, -0.15) is 0 Å². The molecule has 0 saturated heterocycles. The molecule has 28 valence electrons. The number of hydrogen-bond donors (Lipinski definition) is 0. The van der Waals surface area contributed by atoms with Crippen LogP contribution in [0, 0.1) is 13.7 Å². The SMILES string of the molecule is [CH2-]SC.[CH3-].[Mg+2]. The first-order chi connectivity index (χ1) is 1.41. The molecule has 0 rings (SSSR count). The average Bonchev–Trinajstić information content (AvgIpc) is 0.918. The van der Waals surface area contributed by atoms with Gasteiger partial charge in [-0.3, -0.25) is 6.26 Å². The molecular weight excluding hydrogens is 92.4 g/mol. The molecule has 0 atom stereocenters. The van der Waals surface area contributed by atoms with E-state index in [4.69, 9.17) is 0 Å². The first-order valence-corrected chi connectivity index (χ1v) is 2.09. The molecule has 0 nitrogen and oxygen atoms in total. The van der Waals surface area contributed by atoms with E-state index >= 15 is 0 Å². The summed E-state index contributed by atoms with van der Waals surface area (Å²) < 4.78 is 0. The van der Waals surface area contributed by atoms with Crippen molar-refractivity contribution in [1.82, 2.24) is 0 Å². The third-order valence-corrected chi connectivity index (χ3v) is 0. The van der Waals surface area contributed by atoms with Crippen LogP contribution in [0.4, 0.5) is 0 Å². The monoisotopic (exact) mass is 100 g/mol. The van der Waals surface area contributed by atoms with Crippen molar-refractivity contribution in [3.63, 3.8) is 0 Å². The van der Waals surface area contributed by atoms with Gasteiger partial charge in [-0.05, 0) is 6.26 Å². The van der Waals surface area contributed by atoms with Crippen LogP contribution in [0.2, 0.25) is 0 Å². The summed E-state index contributed by atoms with van der Waals surface area (Å²) in [6.07, 6.45) is 5.33. The van der Waals surface area contributed by atoms with E-state index in [1.807, 2.05) is 6.26 Å². The van der Waals surface area contributed by atoms with Gasteiger partial charge in [0, 0.05) is 0 Å². The maximum absolute atomic E-state index is 3.40. The van der Waals surface area contributed by atoms with Crippen LogP contribution in [-0.2, 0) is 0 Å². The fourth-order valence-electron chi connectivity index (χ4n) is 0. The topological polar surface area (TPSA) is 0 Å². The van der Waals surface area contributed by atoms with Gasteiger partial charge in [0.05, 0.1) is 0 Å². The molecule has 0 amide bonds. The smallest absolute Gasteiger partial charge is 0.358 e. The number of thioether (sulfide) groups is 1. The Morgan fingerprint density at radius 1 is 1.60 bits per heavy atom. The molecule has 5 heavy (non-hydrogen) atoms. The van der Waals surface area contributed by atoms with E-state index in [0.717, 1.165) is 0 Å². The van der Waals surface area contributed by atoms with Crippen molar-refractivity contribution in [1.29, 1.82) is 0 Å². The second-order valence-electron chi connectivity index (χ2n) is 0.289. The molecule has 0 radical (unpaired) electrons. The van der Waals surface area contributed by atoms with Gasteiger partial charge in [0.25, 0.3) is 0 Å². The molecule has 0 aromatic rings. The Kier molecular flexibility index (Phi) is 63.8. The molecule has 0 saturated carbocycles. The summed E-state index contributed by atoms with van der Waals surface area (Å²) in [5.74, 6) is 0. The van der Waals surface area contributed by atoms with Crippen LogP contribution in [0.3, 0.4) is 0 Å². The summed E-state index contributed by atoms with van der Waals surface area (Å²) >= 11 is 1.50. The van der Waals surface area contributed by atoms with Crippen LogP contribution in [0.1, 0.15) is 0 Å². The van der Waals surface area contributed by atoms with E-state index in [1.54, 1.807) is 0 Å². The van der Waals surface area contributed by atoms with Crippen molar-refractivity contribution in [2.45, 2.75) is 0 Å². The first kappa shape index (κ1) is 16.5. The van der Waals surface area contributed by atoms with Gasteiger partial charge < -0.3 is 19.2 Å². The van der Waals surface area contributed by atoms with Crippen molar-refractivity contribution in [3.05, 3.63) is 13.7 Å². The van der Waals surface area contributed by atoms with Gasteiger partial charge in [0.1, 0.15) is 0 Å². The Morgan fingerprint density at radius 2 is 1.60 bits per heavy atom. The third kappa shape index (κ3) is 39.9. The predicted molar refractivity (Wildman–Crippen MR) is 31.0 cm³/mol. The van der Waals surface area contributed by atoms with E-state index < -0.39 is 0 Å². The van der Waals surface area contributed by atoms with Crippen molar-refractivity contribution in [2.24, 2.45) is 0 Å². The van der Waals surface area contributed by atoms with Crippen molar-refractivity contribution < 1.29 is 0 Å². The van der Waals surface area contributed by atoms with Gasteiger partial charge in [-0.25, -0.2) is 0 Å². The molecule has 0 N–H and O–H groups in total. The Labute approximate surface area is 54.9 Å². The van der Waals surface area contributed by atoms with E-state index in [0.29, 0.717) is 0 Å². The largest absolute Gasteiger partial charge is 2.00 e. The Hall–Kier alpha value is 1.12. The summed E-state index contributed by atoms with van der Waals surface area (Å²) in [5, 5.41) is 0. The summed E-state index contributed by atoms with van der Waals surface area (Å²) in [6.45, 7) is 0. The second-order valence-corrected chi connectivity index (χ2v) is 0.866. The van der Waals surface area contributed by atoms with Gasteiger partial charge in [-0.1, -0.05) is 0 Å². The van der Waals surface area contributed by atoms with E-state index in [-0.39, 0.29) is 30.5 Å². The summed E-state index contributed by atoms with van der Waals surface area (Å²) in [6, 6.07) is 0. The maximum atomic E-state index is 3.40. The molecule has 0 aromatic carbocycles. The number of rotatable bonds is 0. The molecule has 0 heterocycles. The van der Waals surface area contributed by atoms with Gasteiger partial charge in [0.15, 0.2) is 0 Å². The molecule has 0 spiro atoms. The van der Waals surface area contributed by atoms with E-state index in [9.17, 15) is 0 Å². The summed E-state index contributed by atoms with van der Waals surface area (Å²) in [4.78, 5) is 0. The van der Waals surface area contributed by atoms with E-state index in [1.165, 1.54) is 11.8 Å². The van der Waals surface area contributed by atoms with Gasteiger partial charge in [0.2, 0.25) is 0 Å². The fraction of sp³-hybridized carbons (Fsp3) is 0.333. The minimum atomic E-state index is 0. The Bertz CT molecular complexity index is 6.85. The molecule has 0 aromatic heterocycles. The third-order valence-electron chi connectivity index (χ3n) is 0. The zero-order chi connectivity index (χ0) is 2.71. The minimum absolute atomic E-state index is 0. The fourth-order valence-corrected chi connectivity index (χ4v) is 0. The minimum Gasteiger partial charge on any atom is -0.358 e. The summed E-state index contributed by atoms with van der Waals surface area (Å²) in [5.41, 5.74) is 0. The molecule has 0 aliphatic carbocycles. The molecule has 0 aliphatic rings. The van der Waals surface area contributed by atoms with Crippen LogP contribution >= 0.6 is 11.8 Å². The first-order valence-electron chi connectivity index (χ1n) is 0.697. The van der Waals surface area contributed by atoms with E-state index in [2.05, 4.69) is 6.26 Å². The maximum Gasteiger partial charge on any atom is 2.00 e. The molecular formula is C3H8MgS. The van der Waals surface area contributed by atoms with Crippen molar-refractivity contribution >= 4 is 34.8 Å². The Balaban J connectivity index is -0.0000000200. The molecule has 0 unspecified atom stereocenters.